The molecule has 0 spiro atoms. The van der Waals surface area contributed by atoms with Gasteiger partial charge < -0.3 is 5.73 Å². The van der Waals surface area contributed by atoms with Gasteiger partial charge in [-0.1, -0.05) is 18.6 Å². The van der Waals surface area contributed by atoms with Crippen molar-refractivity contribution in [3.05, 3.63) is 29.8 Å². The number of thioether (sulfide) groups is 1. The zero-order valence-corrected chi connectivity index (χ0v) is 11.5. The number of hydrogen-bond donors (Lipinski definition) is 1. The Kier molecular flexibility index (Phi) is 4.48. The molecule has 2 nitrogen and oxygen atoms in total. The van der Waals surface area contributed by atoms with Gasteiger partial charge in [-0.25, -0.2) is 0 Å². The average molecular weight is 250 g/mol. The summed E-state index contributed by atoms with van der Waals surface area (Å²) in [7, 11) is 2.19. The normalized spacial score (nSPS) is 26.8. The summed E-state index contributed by atoms with van der Waals surface area (Å²) in [5.41, 5.74) is 7.69. The molecule has 3 heteroatoms. The van der Waals surface area contributed by atoms with Crippen molar-refractivity contribution in [1.82, 2.24) is 4.90 Å². The summed E-state index contributed by atoms with van der Waals surface area (Å²) in [6.45, 7) is 1.16. The van der Waals surface area contributed by atoms with Crippen molar-refractivity contribution in [2.24, 2.45) is 5.73 Å². The van der Waals surface area contributed by atoms with E-state index in [0.717, 1.165) is 13.0 Å². The van der Waals surface area contributed by atoms with Crippen molar-refractivity contribution >= 4 is 11.8 Å². The Hall–Kier alpha value is -0.510. The van der Waals surface area contributed by atoms with Gasteiger partial charge in [0.25, 0.3) is 0 Å². The Morgan fingerprint density at radius 3 is 2.59 bits per heavy atom. The summed E-state index contributed by atoms with van der Waals surface area (Å²) in [5.74, 6) is 0. The average Bonchev–Trinajstić information content (AvgIpc) is 2.51. The third-order valence-corrected chi connectivity index (χ3v) is 4.38. The summed E-state index contributed by atoms with van der Waals surface area (Å²) in [4.78, 5) is 3.73. The van der Waals surface area contributed by atoms with Gasteiger partial charge in [-0.15, -0.1) is 11.8 Å². The van der Waals surface area contributed by atoms with Crippen molar-refractivity contribution in [3.8, 4) is 0 Å². The van der Waals surface area contributed by atoms with Crippen LogP contribution in [0.5, 0.6) is 0 Å². The quantitative estimate of drug-likeness (QED) is 0.818. The van der Waals surface area contributed by atoms with Crippen molar-refractivity contribution in [3.63, 3.8) is 0 Å². The van der Waals surface area contributed by atoms with E-state index in [4.69, 9.17) is 5.73 Å². The number of hydrogen-bond acceptors (Lipinski definition) is 3. The predicted molar refractivity (Wildman–Crippen MR) is 75.4 cm³/mol. The second-order valence-electron chi connectivity index (χ2n) is 4.86. The number of rotatable bonds is 2. The molecule has 1 aliphatic rings. The third kappa shape index (κ3) is 3.03. The first kappa shape index (κ1) is 12.9. The summed E-state index contributed by atoms with van der Waals surface area (Å²) in [5, 5.41) is 0. The van der Waals surface area contributed by atoms with Crippen LogP contribution in [-0.4, -0.2) is 30.8 Å². The van der Waals surface area contributed by atoms with Crippen LogP contribution in [-0.2, 0) is 0 Å². The molecule has 0 saturated carbocycles. The lowest BCUT2D eigenvalue weighted by Gasteiger charge is -2.30. The fourth-order valence-electron chi connectivity index (χ4n) is 2.67. The van der Waals surface area contributed by atoms with Crippen molar-refractivity contribution in [1.29, 1.82) is 0 Å². The molecule has 1 saturated heterocycles. The maximum absolute atomic E-state index is 6.33. The molecule has 1 aromatic carbocycles. The Balaban J connectivity index is 2.22. The van der Waals surface area contributed by atoms with E-state index in [9.17, 15) is 0 Å². The molecular formula is C14H22N2S. The van der Waals surface area contributed by atoms with Crippen molar-refractivity contribution in [2.45, 2.75) is 36.2 Å². The molecule has 2 atom stereocenters. The van der Waals surface area contributed by atoms with Gasteiger partial charge in [0.15, 0.2) is 0 Å². The monoisotopic (exact) mass is 250 g/mol. The third-order valence-electron chi connectivity index (χ3n) is 3.64. The van der Waals surface area contributed by atoms with E-state index in [1.165, 1.54) is 23.3 Å². The molecule has 0 aromatic heterocycles. The van der Waals surface area contributed by atoms with E-state index in [1.807, 2.05) is 0 Å². The second-order valence-corrected chi connectivity index (χ2v) is 5.74. The van der Waals surface area contributed by atoms with Crippen LogP contribution < -0.4 is 5.73 Å². The fraction of sp³-hybridized carbons (Fsp3) is 0.571. The van der Waals surface area contributed by atoms with Crippen LogP contribution in [0.2, 0.25) is 0 Å². The van der Waals surface area contributed by atoms with Gasteiger partial charge >= 0.3 is 0 Å². The Morgan fingerprint density at radius 2 is 1.94 bits per heavy atom. The molecule has 17 heavy (non-hydrogen) atoms. The van der Waals surface area contributed by atoms with Gasteiger partial charge in [0.1, 0.15) is 0 Å². The Labute approximate surface area is 109 Å². The Morgan fingerprint density at radius 1 is 1.24 bits per heavy atom. The summed E-state index contributed by atoms with van der Waals surface area (Å²) < 4.78 is 0. The van der Waals surface area contributed by atoms with Crippen molar-refractivity contribution in [2.75, 3.05) is 19.8 Å². The molecule has 94 valence electrons. The highest BCUT2D eigenvalue weighted by Gasteiger charge is 2.25. The molecule has 0 radical (unpaired) electrons. The minimum atomic E-state index is 0.266. The zero-order valence-electron chi connectivity index (χ0n) is 10.7. The van der Waals surface area contributed by atoms with Gasteiger partial charge in [0.05, 0.1) is 0 Å². The molecule has 0 amide bonds. The van der Waals surface area contributed by atoms with E-state index >= 15 is 0 Å². The lowest BCUT2D eigenvalue weighted by atomic mass is 9.97. The highest BCUT2D eigenvalue weighted by Crippen LogP contribution is 2.29. The minimum absolute atomic E-state index is 0.266. The molecule has 1 aromatic rings. The first-order valence-corrected chi connectivity index (χ1v) is 7.54. The second kappa shape index (κ2) is 5.89. The molecule has 2 unspecified atom stereocenters. The van der Waals surface area contributed by atoms with Crippen LogP contribution in [0.4, 0.5) is 0 Å². The molecule has 0 bridgehead atoms. The molecule has 2 rings (SSSR count). The Bertz CT molecular complexity index is 338. The van der Waals surface area contributed by atoms with Gasteiger partial charge in [-0.05, 0) is 50.4 Å². The number of nitrogens with two attached hydrogens (primary N) is 1. The molecule has 1 aliphatic heterocycles. The highest BCUT2D eigenvalue weighted by atomic mass is 32.2. The zero-order chi connectivity index (χ0) is 12.3. The number of likely N-dealkylation sites (tertiary alicyclic amines) is 1. The van der Waals surface area contributed by atoms with Gasteiger partial charge in [0, 0.05) is 17.0 Å². The lowest BCUT2D eigenvalue weighted by molar-refractivity contribution is 0.230. The van der Waals surface area contributed by atoms with E-state index < -0.39 is 0 Å². The fourth-order valence-corrected chi connectivity index (χ4v) is 3.08. The topological polar surface area (TPSA) is 29.3 Å². The predicted octanol–water partition coefficient (Wildman–Crippen LogP) is 2.89. The highest BCUT2D eigenvalue weighted by molar-refractivity contribution is 7.98. The molecular weight excluding hydrogens is 228 g/mol. The maximum Gasteiger partial charge on any atom is 0.0496 e. The van der Waals surface area contributed by atoms with Crippen LogP contribution in [0.1, 0.15) is 30.9 Å². The number of benzene rings is 1. The molecule has 1 heterocycles. The molecule has 1 fully saturated rings. The van der Waals surface area contributed by atoms with Crippen LogP contribution in [0.25, 0.3) is 0 Å². The van der Waals surface area contributed by atoms with E-state index in [2.05, 4.69) is 42.5 Å². The summed E-state index contributed by atoms with van der Waals surface area (Å²) in [6.07, 6.45) is 5.77. The minimum Gasteiger partial charge on any atom is -0.326 e. The SMILES string of the molecule is CSc1ccc(C2C(N)CCCCN2C)cc1. The van der Waals surface area contributed by atoms with Crippen LogP contribution in [0, 0.1) is 0 Å². The largest absolute Gasteiger partial charge is 0.326 e. The first-order valence-electron chi connectivity index (χ1n) is 6.32. The first-order chi connectivity index (χ1) is 8.22. The van der Waals surface area contributed by atoms with Crippen LogP contribution in [0.15, 0.2) is 29.2 Å². The van der Waals surface area contributed by atoms with Gasteiger partial charge in [-0.3, -0.25) is 4.90 Å². The van der Waals surface area contributed by atoms with E-state index in [1.54, 1.807) is 11.8 Å². The number of nitrogens with zero attached hydrogens (tertiary/aromatic N) is 1. The van der Waals surface area contributed by atoms with Crippen molar-refractivity contribution < 1.29 is 0 Å². The summed E-state index contributed by atoms with van der Waals surface area (Å²) in [6, 6.07) is 9.52. The van der Waals surface area contributed by atoms with Crippen LogP contribution in [0.3, 0.4) is 0 Å². The van der Waals surface area contributed by atoms with E-state index in [-0.39, 0.29) is 6.04 Å². The molecule has 0 aliphatic carbocycles. The van der Waals surface area contributed by atoms with Gasteiger partial charge in [-0.2, -0.15) is 0 Å². The number of likely N-dealkylation sites (N-methyl/N-ethyl adjacent to an activating group) is 1. The maximum atomic E-state index is 6.33. The van der Waals surface area contributed by atoms with E-state index in [0.29, 0.717) is 6.04 Å². The summed E-state index contributed by atoms with van der Waals surface area (Å²) >= 11 is 1.79. The lowest BCUT2D eigenvalue weighted by Crippen LogP contribution is -2.37. The van der Waals surface area contributed by atoms with Gasteiger partial charge in [0.2, 0.25) is 0 Å². The van der Waals surface area contributed by atoms with Crippen LogP contribution >= 0.6 is 11.8 Å². The smallest absolute Gasteiger partial charge is 0.0496 e. The standard InChI is InChI=1S/C14H22N2S/c1-16-10-4-3-5-13(15)14(16)11-6-8-12(17-2)9-7-11/h6-9,13-14H,3-5,10,15H2,1-2H3. The molecule has 2 N–H and O–H groups in total.